The molecular formula is C12H16N2. The molecule has 14 heavy (non-hydrogen) atoms. The second-order valence-electron chi connectivity index (χ2n) is 3.81. The van der Waals surface area contributed by atoms with Gasteiger partial charge in [-0.05, 0) is 30.5 Å². The summed E-state index contributed by atoms with van der Waals surface area (Å²) < 4.78 is 0. The summed E-state index contributed by atoms with van der Waals surface area (Å²) >= 11 is 0. The van der Waals surface area contributed by atoms with E-state index in [-0.39, 0.29) is 6.04 Å². The maximum Gasteiger partial charge on any atom is 0.0460 e. The highest BCUT2D eigenvalue weighted by atomic mass is 14.7. The molecular weight excluding hydrogens is 172 g/mol. The summed E-state index contributed by atoms with van der Waals surface area (Å²) in [6, 6.07) is 6.57. The van der Waals surface area contributed by atoms with Crippen molar-refractivity contribution >= 4 is 10.9 Å². The van der Waals surface area contributed by atoms with Crippen LogP contribution in [0.3, 0.4) is 0 Å². The third-order valence-corrected chi connectivity index (χ3v) is 2.71. The van der Waals surface area contributed by atoms with Crippen molar-refractivity contribution in [1.82, 2.24) is 4.98 Å². The topological polar surface area (TPSA) is 41.8 Å². The molecule has 1 heterocycles. The Labute approximate surface area is 84.1 Å². The lowest BCUT2D eigenvalue weighted by Crippen LogP contribution is -2.07. The minimum atomic E-state index is 0.145. The highest BCUT2D eigenvalue weighted by molar-refractivity contribution is 5.84. The van der Waals surface area contributed by atoms with Crippen LogP contribution in [0.5, 0.6) is 0 Å². The number of hydrogen-bond acceptors (Lipinski definition) is 1. The van der Waals surface area contributed by atoms with Crippen molar-refractivity contribution in [3.8, 4) is 0 Å². The van der Waals surface area contributed by atoms with Gasteiger partial charge in [-0.15, -0.1) is 0 Å². The zero-order valence-corrected chi connectivity index (χ0v) is 8.67. The van der Waals surface area contributed by atoms with Crippen molar-refractivity contribution in [3.05, 3.63) is 35.5 Å². The van der Waals surface area contributed by atoms with Gasteiger partial charge in [0.1, 0.15) is 0 Å². The number of aryl methyl sites for hydroxylation is 1. The smallest absolute Gasteiger partial charge is 0.0460 e. The first kappa shape index (κ1) is 9.28. The third-order valence-electron chi connectivity index (χ3n) is 2.71. The maximum atomic E-state index is 6.02. The summed E-state index contributed by atoms with van der Waals surface area (Å²) in [6.45, 7) is 4.21. The molecule has 0 aliphatic rings. The minimum absolute atomic E-state index is 0.145. The molecule has 0 fully saturated rings. The summed E-state index contributed by atoms with van der Waals surface area (Å²) in [5.74, 6) is 0. The largest absolute Gasteiger partial charge is 0.361 e. The van der Waals surface area contributed by atoms with Crippen molar-refractivity contribution in [1.29, 1.82) is 0 Å². The number of benzene rings is 1. The summed E-state index contributed by atoms with van der Waals surface area (Å²) in [5.41, 5.74) is 9.71. The standard InChI is InChI=1S/C12H16N2/c1-3-11(13)10-7-14-12-6-8(2)4-5-9(10)12/h4-7,11,14H,3,13H2,1-2H3. The van der Waals surface area contributed by atoms with E-state index in [1.807, 2.05) is 6.20 Å². The monoisotopic (exact) mass is 188 g/mol. The molecule has 2 rings (SSSR count). The fourth-order valence-electron chi connectivity index (χ4n) is 1.79. The first-order chi connectivity index (χ1) is 6.72. The number of H-pyrrole nitrogens is 1. The molecule has 0 amide bonds. The van der Waals surface area contributed by atoms with Gasteiger partial charge in [0.25, 0.3) is 0 Å². The second kappa shape index (κ2) is 3.46. The second-order valence-corrected chi connectivity index (χ2v) is 3.81. The summed E-state index contributed by atoms with van der Waals surface area (Å²) in [7, 11) is 0. The Hall–Kier alpha value is -1.28. The van der Waals surface area contributed by atoms with E-state index in [2.05, 4.69) is 37.0 Å². The summed E-state index contributed by atoms with van der Waals surface area (Å²) in [4.78, 5) is 3.26. The third kappa shape index (κ3) is 1.42. The average Bonchev–Trinajstić information content (AvgIpc) is 2.59. The van der Waals surface area contributed by atoms with Gasteiger partial charge < -0.3 is 10.7 Å². The van der Waals surface area contributed by atoms with Crippen LogP contribution in [0.2, 0.25) is 0 Å². The zero-order valence-electron chi connectivity index (χ0n) is 8.67. The molecule has 3 N–H and O–H groups in total. The quantitative estimate of drug-likeness (QED) is 0.747. The van der Waals surface area contributed by atoms with Gasteiger partial charge in [-0.25, -0.2) is 0 Å². The highest BCUT2D eigenvalue weighted by Crippen LogP contribution is 2.24. The van der Waals surface area contributed by atoms with Gasteiger partial charge in [-0.1, -0.05) is 19.1 Å². The molecule has 0 saturated carbocycles. The van der Waals surface area contributed by atoms with E-state index in [1.165, 1.54) is 22.0 Å². The van der Waals surface area contributed by atoms with Gasteiger partial charge in [-0.2, -0.15) is 0 Å². The van der Waals surface area contributed by atoms with E-state index in [1.54, 1.807) is 0 Å². The van der Waals surface area contributed by atoms with Gasteiger partial charge in [0.15, 0.2) is 0 Å². The Morgan fingerprint density at radius 3 is 2.93 bits per heavy atom. The molecule has 1 aromatic heterocycles. The Morgan fingerprint density at radius 2 is 2.21 bits per heavy atom. The molecule has 1 unspecified atom stereocenters. The van der Waals surface area contributed by atoms with Crippen molar-refractivity contribution in [2.24, 2.45) is 5.73 Å². The lowest BCUT2D eigenvalue weighted by Gasteiger charge is -2.06. The predicted octanol–water partition coefficient (Wildman–Crippen LogP) is 2.89. The van der Waals surface area contributed by atoms with Crippen LogP contribution in [0.25, 0.3) is 10.9 Å². The molecule has 1 atom stereocenters. The van der Waals surface area contributed by atoms with Gasteiger partial charge in [0.05, 0.1) is 0 Å². The molecule has 2 heteroatoms. The van der Waals surface area contributed by atoms with Crippen LogP contribution >= 0.6 is 0 Å². The van der Waals surface area contributed by atoms with Crippen LogP contribution in [0, 0.1) is 6.92 Å². The Bertz CT molecular complexity index is 443. The highest BCUT2D eigenvalue weighted by Gasteiger charge is 2.09. The minimum Gasteiger partial charge on any atom is -0.361 e. The first-order valence-corrected chi connectivity index (χ1v) is 5.05. The predicted molar refractivity (Wildman–Crippen MR) is 60.3 cm³/mol. The Balaban J connectivity index is 2.58. The van der Waals surface area contributed by atoms with E-state index in [4.69, 9.17) is 5.73 Å². The molecule has 2 aromatic rings. The zero-order chi connectivity index (χ0) is 10.1. The number of nitrogens with two attached hydrogens (primary N) is 1. The maximum absolute atomic E-state index is 6.02. The number of rotatable bonds is 2. The van der Waals surface area contributed by atoms with E-state index >= 15 is 0 Å². The van der Waals surface area contributed by atoms with Gasteiger partial charge in [0, 0.05) is 23.1 Å². The number of nitrogens with one attached hydrogen (secondary N) is 1. The van der Waals surface area contributed by atoms with Gasteiger partial charge >= 0.3 is 0 Å². The molecule has 74 valence electrons. The number of fused-ring (bicyclic) bond motifs is 1. The van der Waals surface area contributed by atoms with Crippen molar-refractivity contribution in [3.63, 3.8) is 0 Å². The van der Waals surface area contributed by atoms with Gasteiger partial charge in [0.2, 0.25) is 0 Å². The Morgan fingerprint density at radius 1 is 1.43 bits per heavy atom. The summed E-state index contributed by atoms with van der Waals surface area (Å²) in [5, 5.41) is 1.25. The molecule has 0 radical (unpaired) electrons. The SMILES string of the molecule is CCC(N)c1c[nH]c2cc(C)ccc12. The van der Waals surface area contributed by atoms with Crippen molar-refractivity contribution in [2.45, 2.75) is 26.3 Å². The Kier molecular flexibility index (Phi) is 2.30. The van der Waals surface area contributed by atoms with E-state index < -0.39 is 0 Å². The van der Waals surface area contributed by atoms with Crippen LogP contribution in [-0.2, 0) is 0 Å². The number of aromatic amines is 1. The fraction of sp³-hybridized carbons (Fsp3) is 0.333. The molecule has 0 aliphatic carbocycles. The molecule has 0 aliphatic heterocycles. The van der Waals surface area contributed by atoms with Crippen LogP contribution < -0.4 is 5.73 Å². The lowest BCUT2D eigenvalue weighted by atomic mass is 10.0. The van der Waals surface area contributed by atoms with Crippen LogP contribution in [-0.4, -0.2) is 4.98 Å². The normalized spacial score (nSPS) is 13.4. The molecule has 1 aromatic carbocycles. The van der Waals surface area contributed by atoms with Gasteiger partial charge in [-0.3, -0.25) is 0 Å². The molecule has 0 spiro atoms. The van der Waals surface area contributed by atoms with Crippen LogP contribution in [0.15, 0.2) is 24.4 Å². The van der Waals surface area contributed by atoms with Crippen LogP contribution in [0.4, 0.5) is 0 Å². The molecule has 0 bridgehead atoms. The van der Waals surface area contributed by atoms with Crippen LogP contribution in [0.1, 0.15) is 30.5 Å². The lowest BCUT2D eigenvalue weighted by molar-refractivity contribution is 0.704. The van der Waals surface area contributed by atoms with Crippen molar-refractivity contribution < 1.29 is 0 Å². The van der Waals surface area contributed by atoms with E-state index in [0.717, 1.165) is 6.42 Å². The average molecular weight is 188 g/mol. The van der Waals surface area contributed by atoms with E-state index in [9.17, 15) is 0 Å². The fourth-order valence-corrected chi connectivity index (χ4v) is 1.79. The molecule has 2 nitrogen and oxygen atoms in total. The first-order valence-electron chi connectivity index (χ1n) is 5.05. The van der Waals surface area contributed by atoms with E-state index in [0.29, 0.717) is 0 Å². The van der Waals surface area contributed by atoms with Crippen molar-refractivity contribution in [2.75, 3.05) is 0 Å². The molecule has 0 saturated heterocycles. The number of aromatic nitrogens is 1. The number of hydrogen-bond donors (Lipinski definition) is 2. The summed E-state index contributed by atoms with van der Waals surface area (Å²) in [6.07, 6.45) is 3.00.